The number of methoxy groups -OCH3 is 1. The van der Waals surface area contributed by atoms with E-state index in [4.69, 9.17) is 9.72 Å². The van der Waals surface area contributed by atoms with E-state index in [0.29, 0.717) is 13.2 Å². The van der Waals surface area contributed by atoms with Gasteiger partial charge in [-0.1, -0.05) is 57.9 Å². The molecule has 0 spiro atoms. The summed E-state index contributed by atoms with van der Waals surface area (Å²) in [5.74, 6) is 0. The van der Waals surface area contributed by atoms with Crippen molar-refractivity contribution in [2.45, 2.75) is 25.9 Å². The number of aromatic nitrogens is 1. The highest BCUT2D eigenvalue weighted by Gasteiger charge is 2.12. The van der Waals surface area contributed by atoms with E-state index in [1.165, 1.54) is 15.8 Å². The van der Waals surface area contributed by atoms with Crippen molar-refractivity contribution in [1.29, 1.82) is 0 Å². The first kappa shape index (κ1) is 21.8. The molecule has 2 N–H and O–H groups in total. The molecule has 160 valence electrons. The second-order valence-electron chi connectivity index (χ2n) is 7.61. The number of halogens is 1. The maximum atomic E-state index is 5.49. The fourth-order valence-corrected chi connectivity index (χ4v) is 4.78. The lowest BCUT2D eigenvalue weighted by Gasteiger charge is -2.22. The van der Waals surface area contributed by atoms with Crippen molar-refractivity contribution in [3.8, 4) is 0 Å². The van der Waals surface area contributed by atoms with Gasteiger partial charge in [-0.15, -0.1) is 11.3 Å². The predicted molar refractivity (Wildman–Crippen MR) is 135 cm³/mol. The Bertz CT molecular complexity index is 1140. The lowest BCUT2D eigenvalue weighted by atomic mass is 10.0. The first-order chi connectivity index (χ1) is 15.1. The average molecular weight is 496 g/mol. The standard InChI is InChI=1S/C25H26BrN3OS/c1-17-7-9-18(10-8-17)13-20(16-30-2)28-22-6-4-3-5-21(22)27-15-25-29-23-14-19(26)11-12-24(23)31-25/h3-12,14,20,27-28H,13,15-16H2,1-2H3/t20-/m0/s1. The number of para-hydroxylation sites is 2. The van der Waals surface area contributed by atoms with Crippen LogP contribution in [0.5, 0.6) is 0 Å². The topological polar surface area (TPSA) is 46.2 Å². The summed E-state index contributed by atoms with van der Waals surface area (Å²) in [4.78, 5) is 4.76. The number of ether oxygens (including phenoxy) is 1. The number of anilines is 2. The van der Waals surface area contributed by atoms with Crippen LogP contribution in [0, 0.1) is 6.92 Å². The highest BCUT2D eigenvalue weighted by atomic mass is 79.9. The second-order valence-corrected chi connectivity index (χ2v) is 9.64. The summed E-state index contributed by atoms with van der Waals surface area (Å²) in [5.41, 5.74) is 5.73. The van der Waals surface area contributed by atoms with E-state index in [2.05, 4.69) is 94.2 Å². The molecule has 0 radical (unpaired) electrons. The molecule has 0 aliphatic rings. The molecule has 4 aromatic rings. The quantitative estimate of drug-likeness (QED) is 0.272. The van der Waals surface area contributed by atoms with Gasteiger partial charge in [0.25, 0.3) is 0 Å². The summed E-state index contributed by atoms with van der Waals surface area (Å²) < 4.78 is 7.74. The molecule has 0 amide bonds. The van der Waals surface area contributed by atoms with Crippen molar-refractivity contribution in [3.05, 3.63) is 87.3 Å². The van der Waals surface area contributed by atoms with Gasteiger partial charge >= 0.3 is 0 Å². The minimum absolute atomic E-state index is 0.176. The van der Waals surface area contributed by atoms with Crippen LogP contribution in [0.4, 0.5) is 11.4 Å². The van der Waals surface area contributed by atoms with Gasteiger partial charge in [0.05, 0.1) is 40.8 Å². The van der Waals surface area contributed by atoms with Gasteiger partial charge < -0.3 is 15.4 Å². The molecule has 1 atom stereocenters. The van der Waals surface area contributed by atoms with Gasteiger partial charge in [0.1, 0.15) is 5.01 Å². The van der Waals surface area contributed by atoms with E-state index in [1.54, 1.807) is 18.4 Å². The molecule has 0 saturated carbocycles. The molecule has 4 rings (SSSR count). The van der Waals surface area contributed by atoms with Gasteiger partial charge in [-0.25, -0.2) is 4.98 Å². The van der Waals surface area contributed by atoms with Crippen LogP contribution in [0.25, 0.3) is 10.2 Å². The van der Waals surface area contributed by atoms with Crippen LogP contribution in [0.3, 0.4) is 0 Å². The molecule has 0 bridgehead atoms. The molecular formula is C25H26BrN3OS. The number of nitrogens with one attached hydrogen (secondary N) is 2. The lowest BCUT2D eigenvalue weighted by Crippen LogP contribution is -2.28. The zero-order valence-electron chi connectivity index (χ0n) is 17.7. The zero-order valence-corrected chi connectivity index (χ0v) is 20.1. The van der Waals surface area contributed by atoms with E-state index >= 15 is 0 Å². The van der Waals surface area contributed by atoms with Crippen LogP contribution in [0.15, 0.2) is 71.2 Å². The van der Waals surface area contributed by atoms with Gasteiger partial charge in [-0.2, -0.15) is 0 Å². The Labute approximate surface area is 195 Å². The molecule has 0 saturated heterocycles. The smallest absolute Gasteiger partial charge is 0.113 e. The van der Waals surface area contributed by atoms with Gasteiger partial charge in [0.2, 0.25) is 0 Å². The van der Waals surface area contributed by atoms with E-state index in [1.807, 2.05) is 6.07 Å². The van der Waals surface area contributed by atoms with Gasteiger partial charge in [0, 0.05) is 11.6 Å². The molecular weight excluding hydrogens is 470 g/mol. The Hall–Kier alpha value is -2.41. The fourth-order valence-electron chi connectivity index (χ4n) is 3.54. The molecule has 0 aliphatic carbocycles. The van der Waals surface area contributed by atoms with Crippen LogP contribution < -0.4 is 10.6 Å². The Morgan fingerprint density at radius 3 is 2.58 bits per heavy atom. The Morgan fingerprint density at radius 1 is 1.03 bits per heavy atom. The first-order valence-electron chi connectivity index (χ1n) is 10.3. The average Bonchev–Trinajstić information content (AvgIpc) is 3.17. The van der Waals surface area contributed by atoms with Crippen LogP contribution >= 0.6 is 27.3 Å². The maximum absolute atomic E-state index is 5.49. The van der Waals surface area contributed by atoms with Crippen molar-refractivity contribution >= 4 is 48.9 Å². The van der Waals surface area contributed by atoms with Crippen LogP contribution in [-0.2, 0) is 17.7 Å². The third-order valence-corrected chi connectivity index (χ3v) is 6.61. The SMILES string of the molecule is COC[C@H](Cc1ccc(C)cc1)Nc1ccccc1NCc1nc2cc(Br)ccc2s1. The first-order valence-corrected chi connectivity index (χ1v) is 11.9. The number of nitrogens with zero attached hydrogens (tertiary/aromatic N) is 1. The maximum Gasteiger partial charge on any atom is 0.113 e. The molecule has 6 heteroatoms. The summed E-state index contributed by atoms with van der Waals surface area (Å²) in [5, 5.41) is 8.29. The highest BCUT2D eigenvalue weighted by molar-refractivity contribution is 9.10. The van der Waals surface area contributed by atoms with E-state index in [9.17, 15) is 0 Å². The summed E-state index contributed by atoms with van der Waals surface area (Å²) in [6.07, 6.45) is 0.898. The molecule has 31 heavy (non-hydrogen) atoms. The minimum atomic E-state index is 0.176. The number of hydrogen-bond acceptors (Lipinski definition) is 5. The third kappa shape index (κ3) is 5.85. The minimum Gasteiger partial charge on any atom is -0.383 e. The second kappa shape index (κ2) is 10.3. The Kier molecular flexibility index (Phi) is 7.22. The van der Waals surface area contributed by atoms with Crippen LogP contribution in [0.1, 0.15) is 16.1 Å². The van der Waals surface area contributed by atoms with E-state index in [0.717, 1.165) is 32.8 Å². The predicted octanol–water partition coefficient (Wildman–Crippen LogP) is 6.65. The zero-order chi connectivity index (χ0) is 21.6. The van der Waals surface area contributed by atoms with Crippen molar-refractivity contribution in [1.82, 2.24) is 4.98 Å². The monoisotopic (exact) mass is 495 g/mol. The molecule has 0 aliphatic heterocycles. The van der Waals surface area contributed by atoms with Gasteiger partial charge in [0.15, 0.2) is 0 Å². The van der Waals surface area contributed by atoms with Crippen molar-refractivity contribution in [2.75, 3.05) is 24.4 Å². The van der Waals surface area contributed by atoms with Crippen molar-refractivity contribution < 1.29 is 4.74 Å². The van der Waals surface area contributed by atoms with Gasteiger partial charge in [-0.05, 0) is 49.2 Å². The fraction of sp³-hybridized carbons (Fsp3) is 0.240. The van der Waals surface area contributed by atoms with Crippen molar-refractivity contribution in [3.63, 3.8) is 0 Å². The summed E-state index contributed by atoms with van der Waals surface area (Å²) in [6.45, 7) is 3.43. The number of hydrogen-bond donors (Lipinski definition) is 2. The molecule has 1 heterocycles. The largest absolute Gasteiger partial charge is 0.383 e. The van der Waals surface area contributed by atoms with Crippen LogP contribution in [-0.4, -0.2) is 24.7 Å². The number of thiazole rings is 1. The third-order valence-electron chi connectivity index (χ3n) is 5.08. The number of aryl methyl sites for hydroxylation is 1. The molecule has 0 unspecified atom stereocenters. The summed E-state index contributed by atoms with van der Waals surface area (Å²) >= 11 is 5.24. The molecule has 4 nitrogen and oxygen atoms in total. The lowest BCUT2D eigenvalue weighted by molar-refractivity contribution is 0.185. The van der Waals surface area contributed by atoms with E-state index in [-0.39, 0.29) is 6.04 Å². The summed E-state index contributed by atoms with van der Waals surface area (Å²) in [6, 6.07) is 23.4. The highest BCUT2D eigenvalue weighted by Crippen LogP contribution is 2.27. The molecule has 1 aromatic heterocycles. The Balaban J connectivity index is 1.46. The number of benzene rings is 3. The number of rotatable bonds is 9. The Morgan fingerprint density at radius 2 is 1.81 bits per heavy atom. The number of fused-ring (bicyclic) bond motifs is 1. The van der Waals surface area contributed by atoms with Crippen LogP contribution in [0.2, 0.25) is 0 Å². The molecule has 3 aromatic carbocycles. The molecule has 0 fully saturated rings. The van der Waals surface area contributed by atoms with E-state index < -0.39 is 0 Å². The van der Waals surface area contributed by atoms with Crippen molar-refractivity contribution in [2.24, 2.45) is 0 Å². The normalized spacial score (nSPS) is 12.1. The summed E-state index contributed by atoms with van der Waals surface area (Å²) in [7, 11) is 1.75. The van der Waals surface area contributed by atoms with Gasteiger partial charge in [-0.3, -0.25) is 0 Å².